The average Bonchev–Trinajstić information content (AvgIpc) is 2.87. The van der Waals surface area contributed by atoms with E-state index in [1.54, 1.807) is 18.2 Å². The van der Waals surface area contributed by atoms with Gasteiger partial charge in [-0.1, -0.05) is 0 Å². The molecule has 0 N–H and O–H groups in total. The second-order valence-corrected chi connectivity index (χ2v) is 8.10. The zero-order chi connectivity index (χ0) is 17.7. The van der Waals surface area contributed by atoms with Gasteiger partial charge >= 0.3 is 0 Å². The molecule has 2 aliphatic rings. The highest BCUT2D eigenvalue weighted by Gasteiger charge is 2.29. The molecule has 1 fully saturated rings. The van der Waals surface area contributed by atoms with Gasteiger partial charge < -0.3 is 14.4 Å². The number of fused-ring (bicyclic) bond motifs is 1. The van der Waals surface area contributed by atoms with Gasteiger partial charge in [0.15, 0.2) is 11.5 Å². The van der Waals surface area contributed by atoms with Crippen molar-refractivity contribution in [3.8, 4) is 17.6 Å². The first-order valence-electron chi connectivity index (χ1n) is 8.60. The highest BCUT2D eigenvalue weighted by atomic mass is 32.2. The molecule has 2 heterocycles. The lowest BCUT2D eigenvalue weighted by atomic mass is 10.3. The average molecular weight is 365 g/mol. The summed E-state index contributed by atoms with van der Waals surface area (Å²) in [6.07, 6.45) is 2.14. The molecular weight excluding hydrogens is 342 g/mol. The number of nitrogens with zero attached hydrogens (tertiary/aromatic N) is 3. The molecule has 136 valence electrons. The Labute approximate surface area is 148 Å². The Morgan fingerprint density at radius 3 is 2.52 bits per heavy atom. The predicted molar refractivity (Wildman–Crippen MR) is 92.1 cm³/mol. The maximum Gasteiger partial charge on any atom is 0.243 e. The van der Waals surface area contributed by atoms with Crippen LogP contribution in [0.4, 0.5) is 0 Å². The highest BCUT2D eigenvalue weighted by Crippen LogP contribution is 2.33. The van der Waals surface area contributed by atoms with Crippen molar-refractivity contribution >= 4 is 10.0 Å². The summed E-state index contributed by atoms with van der Waals surface area (Å²) in [4.78, 5) is 2.45. The van der Waals surface area contributed by atoms with Crippen LogP contribution in [0.3, 0.4) is 0 Å². The predicted octanol–water partition coefficient (Wildman–Crippen LogP) is 1.46. The molecule has 0 aliphatic carbocycles. The Kier molecular flexibility index (Phi) is 5.78. The number of benzene rings is 1. The van der Waals surface area contributed by atoms with Crippen LogP contribution < -0.4 is 9.47 Å². The Balaban J connectivity index is 1.66. The van der Waals surface area contributed by atoms with Gasteiger partial charge in [0.25, 0.3) is 0 Å². The molecule has 0 radical (unpaired) electrons. The van der Waals surface area contributed by atoms with Crippen LogP contribution >= 0.6 is 0 Å². The Hall–Kier alpha value is -1.82. The summed E-state index contributed by atoms with van der Waals surface area (Å²) in [5.41, 5.74) is 0. The second kappa shape index (κ2) is 8.04. The highest BCUT2D eigenvalue weighted by molar-refractivity contribution is 7.89. The van der Waals surface area contributed by atoms with Gasteiger partial charge in [-0.05, 0) is 25.1 Å². The third-order valence-electron chi connectivity index (χ3n) is 4.45. The van der Waals surface area contributed by atoms with Crippen LogP contribution in [-0.2, 0) is 10.0 Å². The number of hydrogen-bond donors (Lipinski definition) is 0. The summed E-state index contributed by atoms with van der Waals surface area (Å²) in [5, 5.41) is 8.60. The number of hydrogen-bond acceptors (Lipinski definition) is 6. The molecule has 1 aromatic rings. The molecule has 0 bridgehead atoms. The maximum atomic E-state index is 12.9. The van der Waals surface area contributed by atoms with Crippen molar-refractivity contribution in [2.24, 2.45) is 0 Å². The van der Waals surface area contributed by atoms with Crippen LogP contribution in [-0.4, -0.2) is 63.6 Å². The van der Waals surface area contributed by atoms with Crippen LogP contribution in [0.1, 0.15) is 19.3 Å². The summed E-state index contributed by atoms with van der Waals surface area (Å²) < 4.78 is 38.5. The lowest BCUT2D eigenvalue weighted by molar-refractivity contribution is 0.187. The quantitative estimate of drug-likeness (QED) is 0.735. The van der Waals surface area contributed by atoms with Crippen LogP contribution in [0.5, 0.6) is 11.5 Å². The molecule has 0 unspecified atom stereocenters. The van der Waals surface area contributed by atoms with Gasteiger partial charge in [-0.2, -0.15) is 9.57 Å². The van der Waals surface area contributed by atoms with E-state index in [1.165, 1.54) is 4.31 Å². The van der Waals surface area contributed by atoms with Gasteiger partial charge in [0.05, 0.1) is 24.2 Å². The monoisotopic (exact) mass is 365 g/mol. The lowest BCUT2D eigenvalue weighted by Crippen LogP contribution is -2.48. The summed E-state index contributed by atoms with van der Waals surface area (Å²) in [5.74, 6) is 1.09. The molecule has 8 heteroatoms. The van der Waals surface area contributed by atoms with E-state index in [0.717, 1.165) is 19.4 Å². The van der Waals surface area contributed by atoms with E-state index in [-0.39, 0.29) is 4.90 Å². The minimum absolute atomic E-state index is 0.245. The molecule has 0 amide bonds. The summed E-state index contributed by atoms with van der Waals surface area (Å²) in [6, 6.07) is 6.96. The van der Waals surface area contributed by atoms with Crippen LogP contribution in [0, 0.1) is 11.3 Å². The summed E-state index contributed by atoms with van der Waals surface area (Å²) in [7, 11) is -3.54. The fraction of sp³-hybridized carbons (Fsp3) is 0.588. The Morgan fingerprint density at radius 2 is 1.80 bits per heavy atom. The standard InChI is InChI=1S/C17H23N3O4S/c18-6-1-2-7-19-8-10-20(11-9-19)25(21,22)15-4-5-16-17(14-15)24-13-3-12-23-16/h4-5,14H,1-3,7-13H2. The normalized spacial score (nSPS) is 19.2. The minimum atomic E-state index is -3.54. The third-order valence-corrected chi connectivity index (χ3v) is 6.35. The summed E-state index contributed by atoms with van der Waals surface area (Å²) >= 11 is 0. The number of sulfonamides is 1. The van der Waals surface area contributed by atoms with Gasteiger partial charge in [-0.15, -0.1) is 0 Å². The van der Waals surface area contributed by atoms with Gasteiger partial charge in [-0.25, -0.2) is 8.42 Å². The fourth-order valence-electron chi connectivity index (χ4n) is 3.03. The van der Waals surface area contributed by atoms with Crippen LogP contribution in [0.2, 0.25) is 0 Å². The maximum absolute atomic E-state index is 12.9. The largest absolute Gasteiger partial charge is 0.490 e. The smallest absolute Gasteiger partial charge is 0.243 e. The van der Waals surface area contributed by atoms with Crippen molar-refractivity contribution in [2.75, 3.05) is 45.9 Å². The van der Waals surface area contributed by atoms with E-state index < -0.39 is 10.0 Å². The van der Waals surface area contributed by atoms with E-state index in [2.05, 4.69) is 11.0 Å². The topological polar surface area (TPSA) is 82.9 Å². The minimum Gasteiger partial charge on any atom is -0.490 e. The van der Waals surface area contributed by atoms with Crippen molar-refractivity contribution < 1.29 is 17.9 Å². The van der Waals surface area contributed by atoms with Crippen molar-refractivity contribution in [1.82, 2.24) is 9.21 Å². The number of piperazine rings is 1. The first-order chi connectivity index (χ1) is 12.1. The third kappa shape index (κ3) is 4.24. The van der Waals surface area contributed by atoms with E-state index in [0.29, 0.717) is 57.3 Å². The SMILES string of the molecule is N#CCCCN1CCN(S(=O)(=O)c2ccc3c(c2)OCCCO3)CC1. The fourth-order valence-corrected chi connectivity index (χ4v) is 4.47. The van der Waals surface area contributed by atoms with Crippen molar-refractivity contribution in [2.45, 2.75) is 24.2 Å². The number of unbranched alkanes of at least 4 members (excludes halogenated alkanes) is 1. The molecule has 0 atom stereocenters. The van der Waals surface area contributed by atoms with Gasteiger partial charge in [0, 0.05) is 45.1 Å². The molecular formula is C17H23N3O4S. The van der Waals surface area contributed by atoms with Crippen molar-refractivity contribution in [3.05, 3.63) is 18.2 Å². The van der Waals surface area contributed by atoms with E-state index in [9.17, 15) is 8.42 Å². The van der Waals surface area contributed by atoms with E-state index in [4.69, 9.17) is 14.7 Å². The number of ether oxygens (including phenoxy) is 2. The van der Waals surface area contributed by atoms with Crippen LogP contribution in [0.15, 0.2) is 23.1 Å². The molecule has 2 aliphatic heterocycles. The molecule has 0 aromatic heterocycles. The Bertz CT molecular complexity index is 737. The van der Waals surface area contributed by atoms with Crippen molar-refractivity contribution in [3.63, 3.8) is 0 Å². The first kappa shape index (κ1) is 18.0. The molecule has 7 nitrogen and oxygen atoms in total. The van der Waals surface area contributed by atoms with Gasteiger partial charge in [0.1, 0.15) is 0 Å². The zero-order valence-electron chi connectivity index (χ0n) is 14.2. The van der Waals surface area contributed by atoms with E-state index in [1.807, 2.05) is 0 Å². The lowest BCUT2D eigenvalue weighted by Gasteiger charge is -2.33. The van der Waals surface area contributed by atoms with Gasteiger partial charge in [0.2, 0.25) is 10.0 Å². The molecule has 3 rings (SSSR count). The first-order valence-corrected chi connectivity index (χ1v) is 10.0. The molecule has 1 aromatic carbocycles. The van der Waals surface area contributed by atoms with Crippen LogP contribution in [0.25, 0.3) is 0 Å². The Morgan fingerprint density at radius 1 is 1.08 bits per heavy atom. The van der Waals surface area contributed by atoms with Gasteiger partial charge in [-0.3, -0.25) is 0 Å². The number of rotatable bonds is 5. The van der Waals surface area contributed by atoms with Crippen molar-refractivity contribution in [1.29, 1.82) is 5.26 Å². The molecule has 1 saturated heterocycles. The molecule has 25 heavy (non-hydrogen) atoms. The summed E-state index contributed by atoms with van der Waals surface area (Å²) in [6.45, 7) is 4.24. The molecule has 0 saturated carbocycles. The number of nitriles is 1. The molecule has 0 spiro atoms. The zero-order valence-corrected chi connectivity index (χ0v) is 15.0. The van der Waals surface area contributed by atoms with E-state index >= 15 is 0 Å². The second-order valence-electron chi connectivity index (χ2n) is 6.17.